The van der Waals surface area contributed by atoms with Gasteiger partial charge in [0.1, 0.15) is 0 Å². The smallest absolute Gasteiger partial charge is 0.339 e. The predicted molar refractivity (Wildman–Crippen MR) is 120 cm³/mol. The Balaban J connectivity index is 1.47. The van der Waals surface area contributed by atoms with E-state index in [2.05, 4.69) is 11.8 Å². The number of piperazine rings is 1. The maximum Gasteiger partial charge on any atom is 0.417 e. The molecule has 3 fully saturated rings. The van der Waals surface area contributed by atoms with Crippen molar-refractivity contribution in [3.63, 3.8) is 0 Å². The van der Waals surface area contributed by atoms with Crippen molar-refractivity contribution in [2.75, 3.05) is 32.7 Å². The van der Waals surface area contributed by atoms with Crippen LogP contribution in [0.25, 0.3) is 0 Å². The van der Waals surface area contributed by atoms with Gasteiger partial charge in [-0.2, -0.15) is 13.2 Å². The highest BCUT2D eigenvalue weighted by Crippen LogP contribution is 2.34. The van der Waals surface area contributed by atoms with Gasteiger partial charge < -0.3 is 9.80 Å². The van der Waals surface area contributed by atoms with Crippen LogP contribution in [0.4, 0.5) is 13.2 Å². The Kier molecular flexibility index (Phi) is 7.31. The van der Waals surface area contributed by atoms with E-state index in [1.165, 1.54) is 23.1 Å². The quantitative estimate of drug-likeness (QED) is 0.661. The predicted octanol–water partition coefficient (Wildman–Crippen LogP) is 4.42. The molecule has 2 saturated heterocycles. The molecule has 2 amide bonds. The molecule has 0 spiro atoms. The van der Waals surface area contributed by atoms with E-state index in [1.54, 1.807) is 0 Å². The van der Waals surface area contributed by atoms with Crippen molar-refractivity contribution in [3.05, 3.63) is 35.4 Å². The number of rotatable bonds is 4. The van der Waals surface area contributed by atoms with Crippen molar-refractivity contribution >= 4 is 11.8 Å². The maximum atomic E-state index is 13.7. The average Bonchev–Trinajstić information content (AvgIpc) is 3.33. The second-order valence-corrected chi connectivity index (χ2v) is 9.74. The summed E-state index contributed by atoms with van der Waals surface area (Å²) < 4.78 is 40.2. The van der Waals surface area contributed by atoms with E-state index < -0.39 is 17.6 Å². The minimum atomic E-state index is -4.57. The highest BCUT2D eigenvalue weighted by atomic mass is 19.4. The molecule has 1 aliphatic carbocycles. The van der Waals surface area contributed by atoms with E-state index in [-0.39, 0.29) is 23.6 Å². The zero-order valence-electron chi connectivity index (χ0n) is 19.3. The fraction of sp³-hybridized carbons (Fsp3) is 0.680. The molecule has 0 bridgehead atoms. The molecule has 8 heteroatoms. The first kappa shape index (κ1) is 24.0. The van der Waals surface area contributed by atoms with Crippen LogP contribution in [0.2, 0.25) is 0 Å². The van der Waals surface area contributed by atoms with Crippen LogP contribution in [0.15, 0.2) is 24.3 Å². The van der Waals surface area contributed by atoms with E-state index in [0.29, 0.717) is 32.1 Å². The number of carbonyl (C=O) groups excluding carboxylic acids is 2. The molecule has 2 atom stereocenters. The summed E-state index contributed by atoms with van der Waals surface area (Å²) >= 11 is 0. The number of likely N-dealkylation sites (tertiary alicyclic amines) is 1. The van der Waals surface area contributed by atoms with E-state index >= 15 is 0 Å². The number of piperidine rings is 1. The number of nitrogens with zero attached hydrogens (tertiary/aromatic N) is 3. The molecule has 5 nitrogen and oxygen atoms in total. The molecule has 3 aliphatic rings. The van der Waals surface area contributed by atoms with Gasteiger partial charge in [-0.25, -0.2) is 0 Å². The number of carbonyl (C=O) groups is 2. The van der Waals surface area contributed by atoms with Gasteiger partial charge in [0.15, 0.2) is 0 Å². The van der Waals surface area contributed by atoms with E-state index in [4.69, 9.17) is 0 Å². The van der Waals surface area contributed by atoms with Crippen LogP contribution in [0.3, 0.4) is 0 Å². The molecule has 0 aromatic heterocycles. The average molecular weight is 466 g/mol. The maximum absolute atomic E-state index is 13.7. The van der Waals surface area contributed by atoms with Crippen LogP contribution >= 0.6 is 0 Å². The van der Waals surface area contributed by atoms with Gasteiger partial charge in [0.2, 0.25) is 5.91 Å². The van der Waals surface area contributed by atoms with Gasteiger partial charge in [-0.3, -0.25) is 14.5 Å². The highest BCUT2D eigenvalue weighted by molar-refractivity contribution is 5.96. The molecule has 1 aromatic rings. The first-order chi connectivity index (χ1) is 15.8. The summed E-state index contributed by atoms with van der Waals surface area (Å²) in [4.78, 5) is 32.4. The third-order valence-corrected chi connectivity index (χ3v) is 7.64. The Labute approximate surface area is 193 Å². The normalized spacial score (nSPS) is 24.2. The largest absolute Gasteiger partial charge is 0.417 e. The van der Waals surface area contributed by atoms with Gasteiger partial charge in [-0.05, 0) is 57.1 Å². The first-order valence-electron chi connectivity index (χ1n) is 12.3. The lowest BCUT2D eigenvalue weighted by Gasteiger charge is -2.44. The topological polar surface area (TPSA) is 43.9 Å². The molecular formula is C25H34F3N3O2. The van der Waals surface area contributed by atoms with Crippen molar-refractivity contribution in [3.8, 4) is 0 Å². The van der Waals surface area contributed by atoms with Crippen LogP contribution < -0.4 is 0 Å². The molecule has 33 heavy (non-hydrogen) atoms. The van der Waals surface area contributed by atoms with Gasteiger partial charge in [0.25, 0.3) is 5.91 Å². The van der Waals surface area contributed by atoms with Gasteiger partial charge in [0.05, 0.1) is 17.2 Å². The Hall–Kier alpha value is -2.09. The molecular weight excluding hydrogens is 431 g/mol. The second kappa shape index (κ2) is 10.0. The molecule has 1 aromatic carbocycles. The minimum Gasteiger partial charge on any atom is -0.339 e. The molecule has 1 saturated carbocycles. The van der Waals surface area contributed by atoms with E-state index in [1.807, 2.05) is 4.90 Å². The summed E-state index contributed by atoms with van der Waals surface area (Å²) in [5, 5.41) is 0. The summed E-state index contributed by atoms with van der Waals surface area (Å²) in [5.74, 6) is -0.0629. The Morgan fingerprint density at radius 3 is 2.18 bits per heavy atom. The zero-order chi connectivity index (χ0) is 23.6. The number of benzene rings is 1. The Morgan fingerprint density at radius 2 is 1.55 bits per heavy atom. The second-order valence-electron chi connectivity index (χ2n) is 9.74. The van der Waals surface area contributed by atoms with Crippen molar-refractivity contribution in [1.82, 2.24) is 14.7 Å². The number of hydrogen-bond donors (Lipinski definition) is 0. The lowest BCUT2D eigenvalue weighted by Crippen LogP contribution is -2.60. The van der Waals surface area contributed by atoms with Crippen molar-refractivity contribution in [2.45, 2.75) is 70.1 Å². The third kappa shape index (κ3) is 5.20. The molecule has 2 heterocycles. The number of hydrogen-bond acceptors (Lipinski definition) is 3. The molecule has 2 aliphatic heterocycles. The van der Waals surface area contributed by atoms with Crippen molar-refractivity contribution in [1.29, 1.82) is 0 Å². The third-order valence-electron chi connectivity index (χ3n) is 7.64. The Morgan fingerprint density at radius 1 is 0.909 bits per heavy atom. The van der Waals surface area contributed by atoms with Crippen LogP contribution in [-0.2, 0) is 11.0 Å². The van der Waals surface area contributed by atoms with Gasteiger partial charge in [0, 0.05) is 38.8 Å². The summed E-state index contributed by atoms with van der Waals surface area (Å²) in [5.41, 5.74) is -1.19. The zero-order valence-corrected chi connectivity index (χ0v) is 19.3. The summed E-state index contributed by atoms with van der Waals surface area (Å²) in [6.45, 7) is 4.60. The fourth-order valence-electron chi connectivity index (χ4n) is 5.81. The number of amides is 2. The van der Waals surface area contributed by atoms with Crippen LogP contribution in [-0.4, -0.2) is 71.3 Å². The molecule has 0 unspecified atom stereocenters. The number of halogens is 3. The summed E-state index contributed by atoms with van der Waals surface area (Å²) in [7, 11) is 0. The van der Waals surface area contributed by atoms with E-state index in [0.717, 1.165) is 57.6 Å². The standard InChI is InChI=1S/C25H34F3N3O2/c1-18-8-6-7-13-31(18)24(33)22(19-9-2-3-10-19)29-14-16-30(17-15-29)23(32)20-11-4-5-12-21(20)25(26,27)28/h4-5,11-12,18-19,22H,2-3,6-10,13-17H2,1H3/t18-,22+/m0/s1. The highest BCUT2D eigenvalue weighted by Gasteiger charge is 2.41. The lowest BCUT2D eigenvalue weighted by molar-refractivity contribution is -0.143. The van der Waals surface area contributed by atoms with Gasteiger partial charge in [-0.1, -0.05) is 25.0 Å². The first-order valence-corrected chi connectivity index (χ1v) is 12.3. The fourth-order valence-corrected chi connectivity index (χ4v) is 5.81. The number of alkyl halides is 3. The van der Waals surface area contributed by atoms with Crippen molar-refractivity contribution in [2.24, 2.45) is 5.92 Å². The van der Waals surface area contributed by atoms with Crippen LogP contribution in [0.1, 0.15) is 67.8 Å². The molecule has 0 N–H and O–H groups in total. The van der Waals surface area contributed by atoms with Crippen molar-refractivity contribution < 1.29 is 22.8 Å². The summed E-state index contributed by atoms with van der Waals surface area (Å²) in [6.07, 6.45) is 3.00. The molecule has 182 valence electrons. The van der Waals surface area contributed by atoms with Crippen LogP contribution in [0, 0.1) is 5.92 Å². The SMILES string of the molecule is C[C@H]1CCCCN1C(=O)[C@@H](C1CCCC1)N1CCN(C(=O)c2ccccc2C(F)(F)F)CC1. The molecule has 0 radical (unpaired) electrons. The van der Waals surface area contributed by atoms with Gasteiger partial charge >= 0.3 is 6.18 Å². The summed E-state index contributed by atoms with van der Waals surface area (Å²) in [6, 6.07) is 5.03. The van der Waals surface area contributed by atoms with Crippen LogP contribution in [0.5, 0.6) is 0 Å². The lowest BCUT2D eigenvalue weighted by atomic mass is 9.92. The van der Waals surface area contributed by atoms with E-state index in [9.17, 15) is 22.8 Å². The Bertz CT molecular complexity index is 846. The van der Waals surface area contributed by atoms with Gasteiger partial charge in [-0.15, -0.1) is 0 Å². The monoisotopic (exact) mass is 465 g/mol. The minimum absolute atomic E-state index is 0.187. The molecule has 4 rings (SSSR count).